The van der Waals surface area contributed by atoms with E-state index in [1.54, 1.807) is 6.26 Å². The molecular formula is C14H22N2O2. The molecule has 1 aromatic heterocycles. The van der Waals surface area contributed by atoms with E-state index in [2.05, 4.69) is 19.2 Å². The molecule has 0 bridgehead atoms. The maximum atomic E-state index is 12.0. The molecule has 1 aliphatic carbocycles. The second kappa shape index (κ2) is 5.57. The van der Waals surface area contributed by atoms with Crippen LogP contribution in [0.15, 0.2) is 16.7 Å². The highest BCUT2D eigenvalue weighted by Gasteiger charge is 2.25. The van der Waals surface area contributed by atoms with E-state index in [1.165, 1.54) is 0 Å². The molecule has 0 spiro atoms. The van der Waals surface area contributed by atoms with Crippen LogP contribution in [0.2, 0.25) is 0 Å². The van der Waals surface area contributed by atoms with Gasteiger partial charge in [-0.2, -0.15) is 0 Å². The fourth-order valence-electron chi connectivity index (χ4n) is 2.53. The molecule has 1 amide bonds. The molecule has 1 aliphatic rings. The van der Waals surface area contributed by atoms with E-state index in [9.17, 15) is 4.79 Å². The van der Waals surface area contributed by atoms with Crippen LogP contribution >= 0.6 is 0 Å². The Morgan fingerprint density at radius 2 is 2.39 bits per heavy atom. The van der Waals surface area contributed by atoms with Crippen molar-refractivity contribution in [3.63, 3.8) is 0 Å². The van der Waals surface area contributed by atoms with Crippen molar-refractivity contribution < 1.29 is 9.21 Å². The minimum absolute atomic E-state index is 0.0530. The summed E-state index contributed by atoms with van der Waals surface area (Å²) in [4.78, 5) is 12.0. The SMILES string of the molecule is CC(C)CC(N)C(=O)NC1CCCc2occc21. The Kier molecular flexibility index (Phi) is 4.07. The number of nitrogens with two attached hydrogens (primary N) is 1. The highest BCUT2D eigenvalue weighted by Crippen LogP contribution is 2.30. The summed E-state index contributed by atoms with van der Waals surface area (Å²) in [7, 11) is 0. The molecule has 100 valence electrons. The Bertz CT molecular complexity index is 412. The van der Waals surface area contributed by atoms with Gasteiger partial charge in [-0.25, -0.2) is 0 Å². The fraction of sp³-hybridized carbons (Fsp3) is 0.643. The molecule has 2 atom stereocenters. The van der Waals surface area contributed by atoms with Crippen molar-refractivity contribution in [2.24, 2.45) is 11.7 Å². The van der Waals surface area contributed by atoms with Crippen LogP contribution in [0.3, 0.4) is 0 Å². The lowest BCUT2D eigenvalue weighted by Gasteiger charge is -2.24. The van der Waals surface area contributed by atoms with Gasteiger partial charge in [-0.05, 0) is 31.2 Å². The van der Waals surface area contributed by atoms with Gasteiger partial charge in [0.1, 0.15) is 5.76 Å². The summed E-state index contributed by atoms with van der Waals surface area (Å²) in [5.74, 6) is 1.38. The standard InChI is InChI=1S/C14H22N2O2/c1-9(2)8-11(15)14(17)16-12-4-3-5-13-10(12)6-7-18-13/h6-7,9,11-12H,3-5,8,15H2,1-2H3,(H,16,17). The van der Waals surface area contributed by atoms with Gasteiger partial charge in [-0.15, -0.1) is 0 Å². The van der Waals surface area contributed by atoms with Crippen molar-refractivity contribution in [2.45, 2.75) is 51.6 Å². The second-order valence-electron chi connectivity index (χ2n) is 5.49. The number of aryl methyl sites for hydroxylation is 1. The zero-order chi connectivity index (χ0) is 13.1. The van der Waals surface area contributed by atoms with Crippen LogP contribution in [-0.4, -0.2) is 11.9 Å². The lowest BCUT2D eigenvalue weighted by Crippen LogP contribution is -2.43. The molecular weight excluding hydrogens is 228 g/mol. The first-order valence-corrected chi connectivity index (χ1v) is 6.70. The fourth-order valence-corrected chi connectivity index (χ4v) is 2.53. The predicted octanol–water partition coefficient (Wildman–Crippen LogP) is 2.15. The molecule has 0 aromatic carbocycles. The first kappa shape index (κ1) is 13.1. The maximum Gasteiger partial charge on any atom is 0.237 e. The topological polar surface area (TPSA) is 68.3 Å². The highest BCUT2D eigenvalue weighted by molar-refractivity contribution is 5.81. The van der Waals surface area contributed by atoms with Gasteiger partial charge >= 0.3 is 0 Å². The minimum Gasteiger partial charge on any atom is -0.469 e. The highest BCUT2D eigenvalue weighted by atomic mass is 16.3. The largest absolute Gasteiger partial charge is 0.469 e. The number of fused-ring (bicyclic) bond motifs is 1. The zero-order valence-corrected chi connectivity index (χ0v) is 11.1. The number of carbonyl (C=O) groups is 1. The van der Waals surface area contributed by atoms with Crippen molar-refractivity contribution in [1.82, 2.24) is 5.32 Å². The number of furan rings is 1. The van der Waals surface area contributed by atoms with Gasteiger partial charge in [0.25, 0.3) is 0 Å². The summed E-state index contributed by atoms with van der Waals surface area (Å²) < 4.78 is 5.41. The van der Waals surface area contributed by atoms with Gasteiger partial charge in [-0.3, -0.25) is 4.79 Å². The molecule has 0 saturated carbocycles. The van der Waals surface area contributed by atoms with Crippen LogP contribution in [0.4, 0.5) is 0 Å². The van der Waals surface area contributed by atoms with E-state index in [0.717, 1.165) is 37.0 Å². The normalized spacial score (nSPS) is 20.6. The predicted molar refractivity (Wildman–Crippen MR) is 70.0 cm³/mol. The van der Waals surface area contributed by atoms with Crippen LogP contribution in [-0.2, 0) is 11.2 Å². The molecule has 3 N–H and O–H groups in total. The lowest BCUT2D eigenvalue weighted by molar-refractivity contribution is -0.123. The Hall–Kier alpha value is -1.29. The first-order chi connectivity index (χ1) is 8.58. The molecule has 4 heteroatoms. The Morgan fingerprint density at radius 1 is 1.61 bits per heavy atom. The zero-order valence-electron chi connectivity index (χ0n) is 11.1. The van der Waals surface area contributed by atoms with Crippen LogP contribution in [0, 0.1) is 5.92 Å². The van der Waals surface area contributed by atoms with Crippen molar-refractivity contribution in [3.05, 3.63) is 23.7 Å². The molecule has 1 aromatic rings. The third kappa shape index (κ3) is 2.93. The van der Waals surface area contributed by atoms with E-state index in [4.69, 9.17) is 10.2 Å². The summed E-state index contributed by atoms with van der Waals surface area (Å²) >= 11 is 0. The van der Waals surface area contributed by atoms with Crippen LogP contribution in [0.1, 0.15) is 50.5 Å². The van der Waals surface area contributed by atoms with E-state index in [0.29, 0.717) is 5.92 Å². The summed E-state index contributed by atoms with van der Waals surface area (Å²) in [6.45, 7) is 4.14. The number of carbonyl (C=O) groups excluding carboxylic acids is 1. The van der Waals surface area contributed by atoms with Crippen molar-refractivity contribution >= 4 is 5.91 Å². The van der Waals surface area contributed by atoms with E-state index < -0.39 is 6.04 Å². The monoisotopic (exact) mass is 250 g/mol. The van der Waals surface area contributed by atoms with Gasteiger partial charge in [0.15, 0.2) is 0 Å². The molecule has 1 heterocycles. The van der Waals surface area contributed by atoms with Gasteiger partial charge in [0.05, 0.1) is 18.3 Å². The van der Waals surface area contributed by atoms with E-state index in [-0.39, 0.29) is 11.9 Å². The molecule has 18 heavy (non-hydrogen) atoms. The van der Waals surface area contributed by atoms with Crippen molar-refractivity contribution in [3.8, 4) is 0 Å². The molecule has 0 saturated heterocycles. The molecule has 0 fully saturated rings. The lowest BCUT2D eigenvalue weighted by atomic mass is 9.93. The second-order valence-corrected chi connectivity index (χ2v) is 5.49. The maximum absolute atomic E-state index is 12.0. The van der Waals surface area contributed by atoms with E-state index >= 15 is 0 Å². The molecule has 2 rings (SSSR count). The van der Waals surface area contributed by atoms with Gasteiger partial charge in [-0.1, -0.05) is 13.8 Å². The summed E-state index contributed by atoms with van der Waals surface area (Å²) in [6, 6.07) is 1.61. The first-order valence-electron chi connectivity index (χ1n) is 6.70. The minimum atomic E-state index is -0.415. The molecule has 0 radical (unpaired) electrons. The third-order valence-electron chi connectivity index (χ3n) is 3.43. The Balaban J connectivity index is 1.97. The Labute approximate surface area is 108 Å². The van der Waals surface area contributed by atoms with Gasteiger partial charge < -0.3 is 15.5 Å². The smallest absolute Gasteiger partial charge is 0.237 e. The van der Waals surface area contributed by atoms with E-state index in [1.807, 2.05) is 6.07 Å². The average Bonchev–Trinajstić information content (AvgIpc) is 2.77. The number of hydrogen-bond acceptors (Lipinski definition) is 3. The van der Waals surface area contributed by atoms with Crippen LogP contribution < -0.4 is 11.1 Å². The summed E-state index contributed by atoms with van der Waals surface area (Å²) in [5, 5.41) is 3.04. The molecule has 2 unspecified atom stereocenters. The molecule has 0 aliphatic heterocycles. The van der Waals surface area contributed by atoms with Crippen LogP contribution in [0.5, 0.6) is 0 Å². The quantitative estimate of drug-likeness (QED) is 0.860. The number of amides is 1. The van der Waals surface area contributed by atoms with Gasteiger partial charge in [0.2, 0.25) is 5.91 Å². The number of rotatable bonds is 4. The number of hydrogen-bond donors (Lipinski definition) is 2. The number of nitrogens with one attached hydrogen (secondary N) is 1. The van der Waals surface area contributed by atoms with Crippen molar-refractivity contribution in [2.75, 3.05) is 0 Å². The molecule has 4 nitrogen and oxygen atoms in total. The third-order valence-corrected chi connectivity index (χ3v) is 3.43. The summed E-state index contributed by atoms with van der Waals surface area (Å²) in [5.41, 5.74) is 7.01. The van der Waals surface area contributed by atoms with Crippen LogP contribution in [0.25, 0.3) is 0 Å². The Morgan fingerprint density at radius 3 is 3.11 bits per heavy atom. The van der Waals surface area contributed by atoms with Crippen molar-refractivity contribution in [1.29, 1.82) is 0 Å². The summed E-state index contributed by atoms with van der Waals surface area (Å²) in [6.07, 6.45) is 5.39. The average molecular weight is 250 g/mol. The van der Waals surface area contributed by atoms with Gasteiger partial charge in [0, 0.05) is 12.0 Å².